The molecule has 2 N–H and O–H groups in total. The van der Waals surface area contributed by atoms with E-state index in [9.17, 15) is 0 Å². The number of hydrogen-bond acceptors (Lipinski definition) is 3. The highest BCUT2D eigenvalue weighted by molar-refractivity contribution is 14.0. The van der Waals surface area contributed by atoms with Gasteiger partial charge in [0.2, 0.25) is 0 Å². The molecule has 0 spiro atoms. The predicted octanol–water partition coefficient (Wildman–Crippen LogP) is 4.49. The number of aryl methyl sites for hydroxylation is 1. The van der Waals surface area contributed by atoms with E-state index >= 15 is 0 Å². The first-order chi connectivity index (χ1) is 11.4. The van der Waals surface area contributed by atoms with Crippen LogP contribution in [0.3, 0.4) is 0 Å². The molecule has 0 atom stereocenters. The second-order valence-corrected chi connectivity index (χ2v) is 7.65. The van der Waals surface area contributed by atoms with Crippen LogP contribution in [0.2, 0.25) is 0 Å². The molecule has 0 aliphatic heterocycles. The minimum absolute atomic E-state index is 0. The van der Waals surface area contributed by atoms with Crippen molar-refractivity contribution in [2.45, 2.75) is 52.6 Å². The lowest BCUT2D eigenvalue weighted by molar-refractivity contribution is 0.582. The zero-order valence-electron chi connectivity index (χ0n) is 15.7. The molecule has 0 bridgehead atoms. The van der Waals surface area contributed by atoms with Gasteiger partial charge in [-0.15, -0.1) is 35.3 Å². The first-order valence-electron chi connectivity index (χ1n) is 8.40. The fraction of sp³-hybridized carbons (Fsp3) is 0.474. The molecule has 0 fully saturated rings. The van der Waals surface area contributed by atoms with Crippen LogP contribution in [0.15, 0.2) is 34.6 Å². The molecule has 0 radical (unpaired) electrons. The predicted molar refractivity (Wildman–Crippen MR) is 119 cm³/mol. The molecular weight excluding hydrogens is 443 g/mol. The highest BCUT2D eigenvalue weighted by atomic mass is 127. The van der Waals surface area contributed by atoms with Crippen LogP contribution < -0.4 is 10.6 Å². The highest BCUT2D eigenvalue weighted by Crippen LogP contribution is 2.25. The molecule has 2 aromatic rings. The van der Waals surface area contributed by atoms with Crippen molar-refractivity contribution in [3.63, 3.8) is 0 Å². The summed E-state index contributed by atoms with van der Waals surface area (Å²) < 4.78 is 0. The second kappa shape index (κ2) is 10.1. The summed E-state index contributed by atoms with van der Waals surface area (Å²) >= 11 is 1.72. The van der Waals surface area contributed by atoms with Crippen molar-refractivity contribution < 1.29 is 0 Å². The van der Waals surface area contributed by atoms with E-state index in [2.05, 4.69) is 73.0 Å². The highest BCUT2D eigenvalue weighted by Gasteiger charge is 2.17. The van der Waals surface area contributed by atoms with Gasteiger partial charge in [-0.1, -0.05) is 52.0 Å². The number of hydrogen-bond donors (Lipinski definition) is 2. The van der Waals surface area contributed by atoms with Gasteiger partial charge in [0, 0.05) is 24.4 Å². The largest absolute Gasteiger partial charge is 0.352 e. The number of aromatic nitrogens is 1. The van der Waals surface area contributed by atoms with E-state index in [0.29, 0.717) is 6.54 Å². The van der Waals surface area contributed by atoms with Gasteiger partial charge in [-0.3, -0.25) is 4.99 Å². The van der Waals surface area contributed by atoms with Crippen molar-refractivity contribution in [3.8, 4) is 0 Å². The van der Waals surface area contributed by atoms with Gasteiger partial charge >= 0.3 is 0 Å². The van der Waals surface area contributed by atoms with E-state index in [4.69, 9.17) is 4.98 Å². The monoisotopic (exact) mass is 472 g/mol. The van der Waals surface area contributed by atoms with Gasteiger partial charge in [0.25, 0.3) is 0 Å². The van der Waals surface area contributed by atoms with Crippen LogP contribution in [0.4, 0.5) is 0 Å². The maximum absolute atomic E-state index is 4.71. The number of nitrogens with zero attached hydrogens (tertiary/aromatic N) is 2. The summed E-state index contributed by atoms with van der Waals surface area (Å²) in [6.07, 6.45) is 1.04. The van der Waals surface area contributed by atoms with Crippen LogP contribution >= 0.6 is 35.3 Å². The van der Waals surface area contributed by atoms with Crippen LogP contribution in [0.5, 0.6) is 0 Å². The van der Waals surface area contributed by atoms with Crippen LogP contribution in [0.25, 0.3) is 0 Å². The zero-order valence-corrected chi connectivity index (χ0v) is 18.9. The molecule has 0 aliphatic rings. The Labute approximate surface area is 172 Å². The Morgan fingerprint density at radius 1 is 1.12 bits per heavy atom. The van der Waals surface area contributed by atoms with Crippen molar-refractivity contribution >= 4 is 41.3 Å². The van der Waals surface area contributed by atoms with Gasteiger partial charge < -0.3 is 10.6 Å². The quantitative estimate of drug-likeness (QED) is 0.383. The summed E-state index contributed by atoms with van der Waals surface area (Å²) in [6, 6.07) is 8.51. The van der Waals surface area contributed by atoms with Gasteiger partial charge in [0.1, 0.15) is 0 Å². The summed E-state index contributed by atoms with van der Waals surface area (Å²) in [7, 11) is 1.79. The third-order valence-electron chi connectivity index (χ3n) is 3.80. The van der Waals surface area contributed by atoms with Crippen molar-refractivity contribution in [3.05, 3.63) is 51.5 Å². The average molecular weight is 472 g/mol. The lowest BCUT2D eigenvalue weighted by Crippen LogP contribution is -2.36. The summed E-state index contributed by atoms with van der Waals surface area (Å²) in [5.74, 6) is 0.797. The van der Waals surface area contributed by atoms with Crippen LogP contribution in [0.1, 0.15) is 49.5 Å². The molecule has 0 saturated heterocycles. The van der Waals surface area contributed by atoms with E-state index in [1.54, 1.807) is 18.4 Å². The topological polar surface area (TPSA) is 49.3 Å². The molecule has 25 heavy (non-hydrogen) atoms. The lowest BCUT2D eigenvalue weighted by Gasteiger charge is -2.14. The summed E-state index contributed by atoms with van der Waals surface area (Å²) in [6.45, 7) is 10.2. The molecule has 138 valence electrons. The Kier molecular flexibility index (Phi) is 8.85. The average Bonchev–Trinajstić information content (AvgIpc) is 3.04. The Morgan fingerprint density at radius 2 is 1.76 bits per heavy atom. The smallest absolute Gasteiger partial charge is 0.191 e. The first-order valence-corrected chi connectivity index (χ1v) is 9.28. The van der Waals surface area contributed by atoms with Crippen molar-refractivity contribution in [2.75, 3.05) is 7.05 Å². The Bertz CT molecular complexity index is 689. The number of benzene rings is 1. The molecule has 0 unspecified atom stereocenters. The van der Waals surface area contributed by atoms with Gasteiger partial charge in [-0.2, -0.15) is 0 Å². The summed E-state index contributed by atoms with van der Waals surface area (Å²) in [4.78, 5) is 9.01. The van der Waals surface area contributed by atoms with E-state index in [0.717, 1.165) is 24.6 Å². The normalized spacial score (nSPS) is 11.8. The second-order valence-electron chi connectivity index (χ2n) is 6.80. The fourth-order valence-corrected chi connectivity index (χ4v) is 3.29. The van der Waals surface area contributed by atoms with E-state index < -0.39 is 0 Å². The lowest BCUT2D eigenvalue weighted by atomic mass is 9.98. The molecule has 2 rings (SSSR count). The Morgan fingerprint density at radius 3 is 2.32 bits per heavy atom. The standard InChI is InChI=1S/C19H28N4S.HI/c1-6-14-9-7-8-10-15(14)11-21-18(20-5)22-12-16-13-24-17(23-16)19(2,3)4;/h7-10,13H,6,11-12H2,1-5H3,(H2,20,21,22);1H. The zero-order chi connectivity index (χ0) is 17.6. The summed E-state index contributed by atoms with van der Waals surface area (Å²) in [5, 5.41) is 10.0. The van der Waals surface area contributed by atoms with Gasteiger partial charge in [0.05, 0.1) is 17.2 Å². The van der Waals surface area contributed by atoms with E-state index in [1.165, 1.54) is 16.1 Å². The minimum Gasteiger partial charge on any atom is -0.352 e. The maximum atomic E-state index is 4.71. The van der Waals surface area contributed by atoms with Crippen molar-refractivity contribution in [1.82, 2.24) is 15.6 Å². The Balaban J connectivity index is 0.00000312. The molecule has 0 aliphatic carbocycles. The van der Waals surface area contributed by atoms with E-state index in [-0.39, 0.29) is 29.4 Å². The molecule has 0 saturated carbocycles. The van der Waals surface area contributed by atoms with Gasteiger partial charge in [-0.05, 0) is 17.5 Å². The number of halogens is 1. The Hall–Kier alpha value is -1.15. The number of nitrogens with one attached hydrogen (secondary N) is 2. The third kappa shape index (κ3) is 6.58. The molecular formula is C19H29IN4S. The number of rotatable bonds is 5. The number of guanidine groups is 1. The first kappa shape index (κ1) is 21.9. The minimum atomic E-state index is 0. The van der Waals surface area contributed by atoms with Crippen molar-refractivity contribution in [1.29, 1.82) is 0 Å². The summed E-state index contributed by atoms with van der Waals surface area (Å²) in [5.41, 5.74) is 3.84. The molecule has 6 heteroatoms. The molecule has 1 heterocycles. The molecule has 1 aromatic carbocycles. The maximum Gasteiger partial charge on any atom is 0.191 e. The van der Waals surface area contributed by atoms with Crippen LogP contribution in [0, 0.1) is 0 Å². The third-order valence-corrected chi connectivity index (χ3v) is 5.12. The molecule has 4 nitrogen and oxygen atoms in total. The van der Waals surface area contributed by atoms with Crippen LogP contribution in [-0.4, -0.2) is 18.0 Å². The molecule has 1 aromatic heterocycles. The number of aliphatic imine (C=N–C) groups is 1. The number of thiazole rings is 1. The van der Waals surface area contributed by atoms with Crippen LogP contribution in [-0.2, 0) is 24.9 Å². The SMILES string of the molecule is CCc1ccccc1CNC(=NC)NCc1csc(C(C)(C)C)n1.I. The fourth-order valence-electron chi connectivity index (χ4n) is 2.38. The van der Waals surface area contributed by atoms with Crippen molar-refractivity contribution in [2.24, 2.45) is 4.99 Å². The van der Waals surface area contributed by atoms with E-state index in [1.807, 2.05) is 0 Å². The van der Waals surface area contributed by atoms with Gasteiger partial charge in [0.15, 0.2) is 5.96 Å². The van der Waals surface area contributed by atoms with Gasteiger partial charge in [-0.25, -0.2) is 4.98 Å². The molecule has 0 amide bonds.